The Hall–Kier alpha value is -2.20. The molecule has 122 valence electrons. The zero-order valence-electron chi connectivity index (χ0n) is 14.3. The van der Waals surface area contributed by atoms with Crippen molar-refractivity contribution in [3.8, 4) is 11.1 Å². The molecule has 2 aromatic rings. The molecule has 0 unspecified atom stereocenters. The molecule has 0 atom stereocenters. The van der Waals surface area contributed by atoms with Gasteiger partial charge in [0.2, 0.25) is 0 Å². The average molecular weight is 312 g/mol. The summed E-state index contributed by atoms with van der Waals surface area (Å²) in [4.78, 5) is 17.0. The Bertz CT molecular complexity index is 706. The SMILES string of the molecule is CCCc1nc(C)c(C(=O)OC)c(-c2ccc(C)cc2)c1CN. The molecular formula is C19H24N2O2. The monoisotopic (exact) mass is 312 g/mol. The largest absolute Gasteiger partial charge is 0.465 e. The summed E-state index contributed by atoms with van der Waals surface area (Å²) in [5, 5.41) is 0. The van der Waals surface area contributed by atoms with Gasteiger partial charge < -0.3 is 10.5 Å². The van der Waals surface area contributed by atoms with Crippen LogP contribution >= 0.6 is 0 Å². The number of ether oxygens (including phenoxy) is 1. The number of aryl methyl sites for hydroxylation is 3. The van der Waals surface area contributed by atoms with E-state index >= 15 is 0 Å². The standard InChI is InChI=1S/C19H24N2O2/c1-5-6-16-15(11-20)18(14-9-7-12(2)8-10-14)17(13(3)21-16)19(22)23-4/h7-10H,5-6,11,20H2,1-4H3. The van der Waals surface area contributed by atoms with Crippen LogP contribution in [0.1, 0.15) is 46.2 Å². The van der Waals surface area contributed by atoms with Gasteiger partial charge >= 0.3 is 5.97 Å². The lowest BCUT2D eigenvalue weighted by Gasteiger charge is -2.18. The molecule has 1 aromatic carbocycles. The number of methoxy groups -OCH3 is 1. The highest BCUT2D eigenvalue weighted by molar-refractivity contribution is 5.99. The highest BCUT2D eigenvalue weighted by Gasteiger charge is 2.23. The van der Waals surface area contributed by atoms with Gasteiger partial charge in [-0.15, -0.1) is 0 Å². The van der Waals surface area contributed by atoms with Crippen LogP contribution in [0.15, 0.2) is 24.3 Å². The molecule has 0 amide bonds. The van der Waals surface area contributed by atoms with E-state index in [9.17, 15) is 4.79 Å². The van der Waals surface area contributed by atoms with Gasteiger partial charge in [-0.1, -0.05) is 43.2 Å². The van der Waals surface area contributed by atoms with Crippen LogP contribution < -0.4 is 5.73 Å². The molecule has 1 aromatic heterocycles. The van der Waals surface area contributed by atoms with Gasteiger partial charge in [-0.05, 0) is 31.4 Å². The van der Waals surface area contributed by atoms with E-state index in [1.54, 1.807) is 0 Å². The Morgan fingerprint density at radius 2 is 1.87 bits per heavy atom. The van der Waals surface area contributed by atoms with E-state index in [0.29, 0.717) is 17.8 Å². The lowest BCUT2D eigenvalue weighted by molar-refractivity contribution is 0.0600. The van der Waals surface area contributed by atoms with E-state index in [0.717, 1.165) is 35.2 Å². The molecule has 0 radical (unpaired) electrons. The molecular weight excluding hydrogens is 288 g/mol. The predicted octanol–water partition coefficient (Wildman–Crippen LogP) is 3.56. The molecule has 0 aliphatic heterocycles. The van der Waals surface area contributed by atoms with Crippen molar-refractivity contribution in [2.24, 2.45) is 5.73 Å². The second-order valence-corrected chi connectivity index (χ2v) is 5.68. The van der Waals surface area contributed by atoms with Crippen LogP contribution in [0.5, 0.6) is 0 Å². The first-order chi connectivity index (χ1) is 11.0. The fraction of sp³-hybridized carbons (Fsp3) is 0.368. The number of nitrogens with zero attached hydrogens (tertiary/aromatic N) is 1. The lowest BCUT2D eigenvalue weighted by Crippen LogP contribution is -2.15. The van der Waals surface area contributed by atoms with Crippen molar-refractivity contribution in [1.82, 2.24) is 4.98 Å². The molecule has 4 nitrogen and oxygen atoms in total. The number of pyridine rings is 1. The molecule has 1 heterocycles. The Balaban J connectivity index is 2.81. The summed E-state index contributed by atoms with van der Waals surface area (Å²) in [6.45, 7) is 6.34. The summed E-state index contributed by atoms with van der Waals surface area (Å²) in [5.41, 5.74) is 12.1. The van der Waals surface area contributed by atoms with E-state index in [2.05, 4.69) is 11.9 Å². The first-order valence-corrected chi connectivity index (χ1v) is 7.91. The molecule has 2 rings (SSSR count). The van der Waals surface area contributed by atoms with Crippen molar-refractivity contribution in [2.45, 2.75) is 40.2 Å². The van der Waals surface area contributed by atoms with Crippen molar-refractivity contribution < 1.29 is 9.53 Å². The minimum Gasteiger partial charge on any atom is -0.465 e. The van der Waals surface area contributed by atoms with Crippen molar-refractivity contribution in [2.75, 3.05) is 7.11 Å². The molecule has 23 heavy (non-hydrogen) atoms. The third kappa shape index (κ3) is 3.42. The van der Waals surface area contributed by atoms with Crippen molar-refractivity contribution in [1.29, 1.82) is 0 Å². The van der Waals surface area contributed by atoms with Crippen LogP contribution in [0.3, 0.4) is 0 Å². The van der Waals surface area contributed by atoms with E-state index in [1.807, 2.05) is 38.1 Å². The van der Waals surface area contributed by atoms with E-state index < -0.39 is 0 Å². The zero-order chi connectivity index (χ0) is 17.0. The number of benzene rings is 1. The Morgan fingerprint density at radius 3 is 2.39 bits per heavy atom. The maximum absolute atomic E-state index is 12.3. The van der Waals surface area contributed by atoms with Gasteiger partial charge in [0, 0.05) is 17.8 Å². The van der Waals surface area contributed by atoms with Crippen molar-refractivity contribution >= 4 is 5.97 Å². The van der Waals surface area contributed by atoms with Crippen molar-refractivity contribution in [3.05, 3.63) is 52.3 Å². The summed E-state index contributed by atoms with van der Waals surface area (Å²) < 4.78 is 4.98. The van der Waals surface area contributed by atoms with Crippen LogP contribution in [-0.4, -0.2) is 18.1 Å². The van der Waals surface area contributed by atoms with Gasteiger partial charge in [0.25, 0.3) is 0 Å². The molecule has 0 saturated heterocycles. The minimum absolute atomic E-state index is 0.343. The number of nitrogens with two attached hydrogens (primary N) is 1. The predicted molar refractivity (Wildman–Crippen MR) is 92.4 cm³/mol. The molecule has 2 N–H and O–H groups in total. The minimum atomic E-state index is -0.372. The molecule has 0 aliphatic rings. The molecule has 0 spiro atoms. The molecule has 0 saturated carbocycles. The number of carbonyl (C=O) groups is 1. The normalized spacial score (nSPS) is 10.7. The Morgan fingerprint density at radius 1 is 1.22 bits per heavy atom. The summed E-state index contributed by atoms with van der Waals surface area (Å²) in [6.07, 6.45) is 1.82. The fourth-order valence-corrected chi connectivity index (χ4v) is 2.86. The van der Waals surface area contributed by atoms with Crippen LogP contribution in [0.25, 0.3) is 11.1 Å². The molecule has 0 fully saturated rings. The quantitative estimate of drug-likeness (QED) is 0.857. The maximum Gasteiger partial charge on any atom is 0.340 e. The van der Waals surface area contributed by atoms with E-state index in [1.165, 1.54) is 12.7 Å². The Kier molecular flexibility index (Phi) is 5.50. The topological polar surface area (TPSA) is 65.2 Å². The number of aromatic nitrogens is 1. The van der Waals surface area contributed by atoms with Crippen LogP contribution in [-0.2, 0) is 17.7 Å². The van der Waals surface area contributed by atoms with Crippen LogP contribution in [0.2, 0.25) is 0 Å². The third-order valence-corrected chi connectivity index (χ3v) is 3.99. The summed E-state index contributed by atoms with van der Waals surface area (Å²) >= 11 is 0. The first-order valence-electron chi connectivity index (χ1n) is 7.91. The smallest absolute Gasteiger partial charge is 0.340 e. The zero-order valence-corrected chi connectivity index (χ0v) is 14.3. The molecule has 0 bridgehead atoms. The molecule has 0 aliphatic carbocycles. The highest BCUT2D eigenvalue weighted by Crippen LogP contribution is 2.32. The average Bonchev–Trinajstić information content (AvgIpc) is 2.54. The van der Waals surface area contributed by atoms with E-state index in [-0.39, 0.29) is 5.97 Å². The van der Waals surface area contributed by atoms with Gasteiger partial charge in [0.05, 0.1) is 18.4 Å². The van der Waals surface area contributed by atoms with Gasteiger partial charge in [-0.3, -0.25) is 4.98 Å². The van der Waals surface area contributed by atoms with E-state index in [4.69, 9.17) is 10.5 Å². The first kappa shape index (κ1) is 17.2. The maximum atomic E-state index is 12.3. The number of hydrogen-bond donors (Lipinski definition) is 1. The Labute approximate surface area is 137 Å². The number of hydrogen-bond acceptors (Lipinski definition) is 4. The number of carbonyl (C=O) groups excluding carboxylic acids is 1. The number of rotatable bonds is 5. The lowest BCUT2D eigenvalue weighted by atomic mass is 9.91. The second kappa shape index (κ2) is 7.38. The molecule has 4 heteroatoms. The highest BCUT2D eigenvalue weighted by atomic mass is 16.5. The van der Waals surface area contributed by atoms with Crippen LogP contribution in [0, 0.1) is 13.8 Å². The van der Waals surface area contributed by atoms with Gasteiger partial charge in [-0.25, -0.2) is 4.79 Å². The van der Waals surface area contributed by atoms with Gasteiger partial charge in [0.1, 0.15) is 0 Å². The second-order valence-electron chi connectivity index (χ2n) is 5.68. The third-order valence-electron chi connectivity index (χ3n) is 3.99. The van der Waals surface area contributed by atoms with Crippen molar-refractivity contribution in [3.63, 3.8) is 0 Å². The fourth-order valence-electron chi connectivity index (χ4n) is 2.86. The van der Waals surface area contributed by atoms with Gasteiger partial charge in [0.15, 0.2) is 0 Å². The van der Waals surface area contributed by atoms with Crippen LogP contribution in [0.4, 0.5) is 0 Å². The summed E-state index contributed by atoms with van der Waals surface area (Å²) in [6, 6.07) is 8.11. The summed E-state index contributed by atoms with van der Waals surface area (Å²) in [5.74, 6) is -0.372. The summed E-state index contributed by atoms with van der Waals surface area (Å²) in [7, 11) is 1.39. The van der Waals surface area contributed by atoms with Gasteiger partial charge in [-0.2, -0.15) is 0 Å². The number of esters is 1.